The van der Waals surface area contributed by atoms with Gasteiger partial charge >= 0.3 is 5.97 Å². The molecule has 1 aliphatic rings. The highest BCUT2D eigenvalue weighted by Gasteiger charge is 2.28. The van der Waals surface area contributed by atoms with Gasteiger partial charge in [0.1, 0.15) is 11.9 Å². The Kier molecular flexibility index (Phi) is 3.85. The van der Waals surface area contributed by atoms with Crippen LogP contribution in [0.15, 0.2) is 5.16 Å². The summed E-state index contributed by atoms with van der Waals surface area (Å²) in [4.78, 5) is 22.4. The third kappa shape index (κ3) is 2.63. The number of rotatable bonds is 4. The van der Waals surface area contributed by atoms with Crippen molar-refractivity contribution in [2.24, 2.45) is 0 Å². The molecular weight excluding hydrogens is 256 g/mol. The van der Waals surface area contributed by atoms with E-state index in [0.29, 0.717) is 17.5 Å². The van der Waals surface area contributed by atoms with Gasteiger partial charge in [-0.25, -0.2) is 0 Å². The van der Waals surface area contributed by atoms with E-state index in [9.17, 15) is 9.59 Å². The second-order valence-electron chi connectivity index (χ2n) is 4.03. The van der Waals surface area contributed by atoms with Crippen molar-refractivity contribution in [3.63, 3.8) is 0 Å². The van der Waals surface area contributed by atoms with E-state index in [4.69, 9.17) is 5.11 Å². The number of nitrogens with zero attached hydrogens (tertiary/aromatic N) is 3. The molecule has 1 atom stereocenters. The van der Waals surface area contributed by atoms with E-state index in [1.807, 2.05) is 0 Å². The number of amides is 1. The van der Waals surface area contributed by atoms with Crippen LogP contribution < -0.4 is 5.32 Å². The van der Waals surface area contributed by atoms with Gasteiger partial charge in [0.15, 0.2) is 5.16 Å². The maximum absolute atomic E-state index is 11.8. The Balaban J connectivity index is 2.22. The number of piperidine rings is 1. The fourth-order valence-electron chi connectivity index (χ4n) is 1.94. The van der Waals surface area contributed by atoms with Crippen molar-refractivity contribution in [2.45, 2.75) is 31.0 Å². The lowest BCUT2D eigenvalue weighted by molar-refractivity contribution is -0.134. The smallest absolute Gasteiger partial charge is 0.313 e. The Morgan fingerprint density at radius 2 is 2.39 bits per heavy atom. The second-order valence-corrected chi connectivity index (χ2v) is 4.97. The Morgan fingerprint density at radius 1 is 1.61 bits per heavy atom. The minimum Gasteiger partial charge on any atom is -0.481 e. The van der Waals surface area contributed by atoms with E-state index < -0.39 is 5.97 Å². The van der Waals surface area contributed by atoms with Crippen LogP contribution in [0.4, 0.5) is 0 Å². The Hall–Kier alpha value is -1.57. The van der Waals surface area contributed by atoms with Gasteiger partial charge in [0, 0.05) is 6.54 Å². The molecule has 1 fully saturated rings. The number of aryl methyl sites for hydroxylation is 1. The number of hydrogen-bond donors (Lipinski definition) is 2. The molecule has 0 saturated carbocycles. The zero-order chi connectivity index (χ0) is 13.1. The summed E-state index contributed by atoms with van der Waals surface area (Å²) in [6, 6.07) is -0.329. The number of carboxylic acids is 1. The zero-order valence-electron chi connectivity index (χ0n) is 9.92. The number of carbonyl (C=O) groups is 2. The molecule has 1 amide bonds. The minimum absolute atomic E-state index is 0.0543. The third-order valence-corrected chi connectivity index (χ3v) is 3.66. The van der Waals surface area contributed by atoms with E-state index in [0.717, 1.165) is 24.6 Å². The van der Waals surface area contributed by atoms with E-state index in [2.05, 4.69) is 15.5 Å². The first kappa shape index (κ1) is 12.9. The van der Waals surface area contributed by atoms with Gasteiger partial charge in [0.2, 0.25) is 5.91 Å². The summed E-state index contributed by atoms with van der Waals surface area (Å²) in [5.41, 5.74) is 0. The topological polar surface area (TPSA) is 97.1 Å². The number of aromatic nitrogens is 3. The predicted molar refractivity (Wildman–Crippen MR) is 64.4 cm³/mol. The van der Waals surface area contributed by atoms with Crippen molar-refractivity contribution in [1.29, 1.82) is 0 Å². The number of hydrogen-bond acceptors (Lipinski definition) is 5. The van der Waals surface area contributed by atoms with Gasteiger partial charge in [-0.3, -0.25) is 14.2 Å². The summed E-state index contributed by atoms with van der Waals surface area (Å²) in [6.07, 6.45) is 1.63. The third-order valence-electron chi connectivity index (χ3n) is 2.73. The highest BCUT2D eigenvalue weighted by Crippen LogP contribution is 2.26. The molecule has 0 bridgehead atoms. The maximum Gasteiger partial charge on any atom is 0.313 e. The van der Waals surface area contributed by atoms with Crippen LogP contribution in [0.25, 0.3) is 0 Å². The lowest BCUT2D eigenvalue weighted by Crippen LogP contribution is -2.38. The molecule has 2 heterocycles. The van der Waals surface area contributed by atoms with Crippen molar-refractivity contribution in [3.05, 3.63) is 5.82 Å². The highest BCUT2D eigenvalue weighted by atomic mass is 32.2. The van der Waals surface area contributed by atoms with Gasteiger partial charge in [-0.15, -0.1) is 10.2 Å². The predicted octanol–water partition coefficient (Wildman–Crippen LogP) is 0.214. The number of carbonyl (C=O) groups excluding carboxylic acids is 1. The average Bonchev–Trinajstić information content (AvgIpc) is 2.69. The highest BCUT2D eigenvalue weighted by molar-refractivity contribution is 7.99. The molecular formula is C10H14N4O3S. The molecule has 1 unspecified atom stereocenters. The van der Waals surface area contributed by atoms with Crippen LogP contribution in [0.1, 0.15) is 24.7 Å². The van der Waals surface area contributed by atoms with Gasteiger partial charge in [0.25, 0.3) is 0 Å². The molecule has 0 radical (unpaired) electrons. The Morgan fingerprint density at radius 3 is 3.06 bits per heavy atom. The normalized spacial score (nSPS) is 19.6. The number of nitrogens with one attached hydrogen (secondary N) is 1. The van der Waals surface area contributed by atoms with Gasteiger partial charge in [-0.05, 0) is 19.8 Å². The summed E-state index contributed by atoms with van der Waals surface area (Å²) in [6.45, 7) is 2.45. The van der Waals surface area contributed by atoms with E-state index in [-0.39, 0.29) is 17.7 Å². The van der Waals surface area contributed by atoms with Crippen LogP contribution in [-0.4, -0.2) is 44.0 Å². The molecule has 8 heteroatoms. The van der Waals surface area contributed by atoms with Crippen molar-refractivity contribution in [2.75, 3.05) is 12.3 Å². The first-order valence-corrected chi connectivity index (χ1v) is 6.62. The molecule has 0 spiro atoms. The van der Waals surface area contributed by atoms with E-state index in [1.54, 1.807) is 11.5 Å². The quantitative estimate of drug-likeness (QED) is 0.759. The van der Waals surface area contributed by atoms with Gasteiger partial charge in [0.05, 0.1) is 5.75 Å². The van der Waals surface area contributed by atoms with Crippen LogP contribution in [0.3, 0.4) is 0 Å². The van der Waals surface area contributed by atoms with E-state index in [1.165, 1.54) is 0 Å². The SMILES string of the molecule is Cc1nnc(SCC(=O)O)n1C1CCCNC1=O. The average molecular weight is 270 g/mol. The summed E-state index contributed by atoms with van der Waals surface area (Å²) in [5.74, 6) is -0.432. The van der Waals surface area contributed by atoms with Gasteiger partial charge in [-0.1, -0.05) is 11.8 Å². The van der Waals surface area contributed by atoms with Gasteiger partial charge in [-0.2, -0.15) is 0 Å². The molecule has 18 heavy (non-hydrogen) atoms. The fourth-order valence-corrected chi connectivity index (χ4v) is 2.69. The molecule has 1 aliphatic heterocycles. The van der Waals surface area contributed by atoms with E-state index >= 15 is 0 Å². The van der Waals surface area contributed by atoms with Crippen LogP contribution in [-0.2, 0) is 9.59 Å². The molecule has 1 aromatic heterocycles. The number of aliphatic carboxylic acids is 1. The molecule has 2 N–H and O–H groups in total. The lowest BCUT2D eigenvalue weighted by Gasteiger charge is -2.24. The maximum atomic E-state index is 11.8. The van der Waals surface area contributed by atoms with Crippen LogP contribution >= 0.6 is 11.8 Å². The summed E-state index contributed by atoms with van der Waals surface area (Å²) in [7, 11) is 0. The largest absolute Gasteiger partial charge is 0.481 e. The van der Waals surface area contributed by atoms with Crippen molar-refractivity contribution >= 4 is 23.6 Å². The zero-order valence-corrected chi connectivity index (χ0v) is 10.7. The number of thioether (sulfide) groups is 1. The Labute approximate surface area is 108 Å². The van der Waals surface area contributed by atoms with Crippen molar-refractivity contribution < 1.29 is 14.7 Å². The molecule has 2 rings (SSSR count). The van der Waals surface area contributed by atoms with Crippen molar-refractivity contribution in [3.8, 4) is 0 Å². The first-order valence-electron chi connectivity index (χ1n) is 5.63. The minimum atomic E-state index is -0.916. The first-order chi connectivity index (χ1) is 8.59. The van der Waals surface area contributed by atoms with Crippen LogP contribution in [0.2, 0.25) is 0 Å². The molecule has 7 nitrogen and oxygen atoms in total. The van der Waals surface area contributed by atoms with Crippen LogP contribution in [0.5, 0.6) is 0 Å². The molecule has 1 saturated heterocycles. The second kappa shape index (κ2) is 5.38. The molecule has 0 aromatic carbocycles. The van der Waals surface area contributed by atoms with Gasteiger partial charge < -0.3 is 10.4 Å². The standard InChI is InChI=1S/C10H14N4O3S/c1-6-12-13-10(18-5-8(15)16)14(6)7-3-2-4-11-9(7)17/h7H,2-5H2,1H3,(H,11,17)(H,15,16). The fraction of sp³-hybridized carbons (Fsp3) is 0.600. The summed E-state index contributed by atoms with van der Waals surface area (Å²) < 4.78 is 1.72. The Bertz CT molecular complexity index is 474. The number of carboxylic acid groups (broad SMARTS) is 1. The monoisotopic (exact) mass is 270 g/mol. The summed E-state index contributed by atoms with van der Waals surface area (Å²) in [5, 5.41) is 19.8. The summed E-state index contributed by atoms with van der Waals surface area (Å²) >= 11 is 1.08. The molecule has 1 aromatic rings. The lowest BCUT2D eigenvalue weighted by atomic mass is 10.1. The van der Waals surface area contributed by atoms with Crippen molar-refractivity contribution in [1.82, 2.24) is 20.1 Å². The van der Waals surface area contributed by atoms with Crippen LogP contribution in [0, 0.1) is 6.92 Å². The molecule has 0 aliphatic carbocycles. The molecule has 98 valence electrons.